The topological polar surface area (TPSA) is 172 Å². The number of hydrogen-bond donors (Lipinski definition) is 2. The number of non-ortho nitro benzene ring substituents is 1. The van der Waals surface area contributed by atoms with Crippen LogP contribution >= 0.6 is 55.1 Å². The van der Waals surface area contributed by atoms with Crippen LogP contribution in [0.1, 0.15) is 35.4 Å². The number of phenolic OH excluding ortho intramolecular Hbond substituents is 1. The van der Waals surface area contributed by atoms with Crippen molar-refractivity contribution in [1.82, 2.24) is 9.99 Å². The Morgan fingerprint density at radius 1 is 1.00 bits per heavy atom. The highest BCUT2D eigenvalue weighted by Crippen LogP contribution is 2.66. The van der Waals surface area contributed by atoms with Crippen LogP contribution < -0.4 is 15.1 Å². The number of anilines is 2. The molecule has 4 aliphatic rings. The number of benzene rings is 3. The minimum Gasteiger partial charge on any atom is -0.503 e. The number of pyridine rings is 1. The van der Waals surface area contributed by atoms with Gasteiger partial charge in [0.1, 0.15) is 0 Å². The zero-order valence-electron chi connectivity index (χ0n) is 30.0. The molecule has 3 fully saturated rings. The Morgan fingerprint density at radius 2 is 1.71 bits per heavy atom. The van der Waals surface area contributed by atoms with Crippen molar-refractivity contribution in [3.8, 4) is 11.5 Å². The van der Waals surface area contributed by atoms with Crippen LogP contribution in [-0.4, -0.2) is 50.8 Å². The lowest BCUT2D eigenvalue weighted by Crippen LogP contribution is -2.53. The molecular formula is C39H26Br2Cl2F3N5O8. The molecule has 6 atom stereocenters. The van der Waals surface area contributed by atoms with Gasteiger partial charge >= 0.3 is 6.18 Å². The molecule has 0 spiro atoms. The lowest BCUT2D eigenvalue weighted by Gasteiger charge is -2.51. The van der Waals surface area contributed by atoms with Crippen LogP contribution in [0.25, 0.3) is 0 Å². The van der Waals surface area contributed by atoms with Gasteiger partial charge in [-0.25, -0.2) is 9.88 Å². The molecule has 2 aliphatic carbocycles. The SMILES string of the molecule is COc1cc([C@H]2C3=CC[C@@H]4C(=O)N(c5cccc([N+](=O)[O-])c5)C(=O)[C@@H]4[C@@H]3C[C@H]3C(=O)N(Nc4ncc(C(F)(F)F)cc4Cl)C(=O)[C@@]23c2ccc(Cl)cc2)c(Br)c(Br)c1O. The van der Waals surface area contributed by atoms with E-state index in [1.54, 1.807) is 18.2 Å². The number of allylic oxidation sites excluding steroid dienone is 2. The first-order chi connectivity index (χ1) is 27.9. The maximum atomic E-state index is 15.5. The van der Waals surface area contributed by atoms with E-state index in [4.69, 9.17) is 27.9 Å². The van der Waals surface area contributed by atoms with Crippen molar-refractivity contribution in [3.05, 3.63) is 124 Å². The number of rotatable bonds is 7. The summed E-state index contributed by atoms with van der Waals surface area (Å²) in [6.07, 6.45) is -2.72. The third-order valence-corrected chi connectivity index (χ3v) is 14.3. The Hall–Kier alpha value is -5.04. The number of carbonyl (C=O) groups is 4. The number of halogens is 7. The van der Waals surface area contributed by atoms with Crippen LogP contribution in [0.4, 0.5) is 30.4 Å². The number of nitro benzene ring substituents is 1. The van der Waals surface area contributed by atoms with Crippen LogP contribution in [0.5, 0.6) is 11.5 Å². The van der Waals surface area contributed by atoms with Crippen molar-refractivity contribution in [2.75, 3.05) is 17.4 Å². The van der Waals surface area contributed by atoms with Crippen LogP contribution in [0, 0.1) is 33.8 Å². The van der Waals surface area contributed by atoms with Crippen molar-refractivity contribution in [2.24, 2.45) is 23.7 Å². The Labute approximate surface area is 358 Å². The van der Waals surface area contributed by atoms with Gasteiger partial charge in [0.15, 0.2) is 17.3 Å². The summed E-state index contributed by atoms with van der Waals surface area (Å²) in [6, 6.07) is 13.4. The summed E-state index contributed by atoms with van der Waals surface area (Å²) in [6.45, 7) is 0. The number of aromatic nitrogens is 1. The summed E-state index contributed by atoms with van der Waals surface area (Å²) >= 11 is 19.6. The molecular weight excluding hydrogens is 954 g/mol. The number of fused-ring (bicyclic) bond motifs is 4. The van der Waals surface area contributed by atoms with E-state index >= 15 is 4.79 Å². The summed E-state index contributed by atoms with van der Waals surface area (Å²) in [5.41, 5.74) is 0.277. The largest absolute Gasteiger partial charge is 0.503 e. The molecule has 2 aliphatic heterocycles. The lowest BCUT2D eigenvalue weighted by atomic mass is 9.49. The van der Waals surface area contributed by atoms with Crippen LogP contribution in [0.2, 0.25) is 10.0 Å². The van der Waals surface area contributed by atoms with Gasteiger partial charge in [0.2, 0.25) is 11.8 Å². The molecule has 4 amide bonds. The lowest BCUT2D eigenvalue weighted by molar-refractivity contribution is -0.384. The zero-order chi connectivity index (χ0) is 42.5. The first-order valence-corrected chi connectivity index (χ1v) is 20.0. The number of hydrogen-bond acceptors (Lipinski definition) is 10. The van der Waals surface area contributed by atoms with E-state index in [-0.39, 0.29) is 44.7 Å². The van der Waals surface area contributed by atoms with E-state index in [1.165, 1.54) is 43.5 Å². The number of hydrazine groups is 1. The molecule has 0 bridgehead atoms. The maximum Gasteiger partial charge on any atom is 0.417 e. The van der Waals surface area contributed by atoms with Gasteiger partial charge < -0.3 is 9.84 Å². The first kappa shape index (κ1) is 40.7. The van der Waals surface area contributed by atoms with Gasteiger partial charge in [0.25, 0.3) is 17.5 Å². The highest BCUT2D eigenvalue weighted by molar-refractivity contribution is 9.13. The van der Waals surface area contributed by atoms with E-state index in [0.717, 1.165) is 11.0 Å². The molecule has 13 nitrogen and oxygen atoms in total. The van der Waals surface area contributed by atoms with Crippen LogP contribution in [0.3, 0.4) is 0 Å². The molecule has 59 heavy (non-hydrogen) atoms. The number of amides is 4. The zero-order valence-corrected chi connectivity index (χ0v) is 34.7. The summed E-state index contributed by atoms with van der Waals surface area (Å²) < 4.78 is 46.5. The molecule has 1 aromatic heterocycles. The van der Waals surface area contributed by atoms with Crippen molar-refractivity contribution in [3.63, 3.8) is 0 Å². The standard InChI is InChI=1S/C39H26Br2Cl2F3N5O8/c1-59-27-14-24(30(40)31(41)32(27)52)29-21-9-10-22-28(36(55)49(34(22)53)19-3-2-4-20(12-19)51(57)58)23(21)13-25-35(54)50(37(56)38(25,29)16-5-7-18(42)8-6-16)48-33-26(43)11-17(15-47-33)39(44,45)46/h2-9,11-12,14-15,22-23,25,28-29,52H,10,13H2,1H3,(H,47,48)/t22-,23+,25-,28-,29+,38+/m0/s1. The van der Waals surface area contributed by atoms with E-state index in [9.17, 15) is 42.8 Å². The number of phenols is 1. The van der Waals surface area contributed by atoms with Gasteiger partial charge in [-0.2, -0.15) is 18.2 Å². The molecule has 2 saturated heterocycles. The Kier molecular flexibility index (Phi) is 10.1. The summed E-state index contributed by atoms with van der Waals surface area (Å²) in [5, 5.41) is 23.1. The summed E-state index contributed by atoms with van der Waals surface area (Å²) in [5.74, 6) is -9.14. The number of imide groups is 2. The predicted molar refractivity (Wildman–Crippen MR) is 213 cm³/mol. The number of methoxy groups -OCH3 is 1. The molecule has 1 saturated carbocycles. The Bertz CT molecular complexity index is 2560. The minimum absolute atomic E-state index is 0.00750. The number of ether oxygens (including phenoxy) is 1. The number of nitro groups is 1. The van der Waals surface area contributed by atoms with Gasteiger partial charge in [0.05, 0.1) is 55.9 Å². The summed E-state index contributed by atoms with van der Waals surface area (Å²) in [4.78, 5) is 74.9. The molecule has 304 valence electrons. The van der Waals surface area contributed by atoms with Gasteiger partial charge in [0, 0.05) is 33.7 Å². The monoisotopic (exact) mass is 977 g/mol. The third kappa shape index (κ3) is 6.20. The van der Waals surface area contributed by atoms with Crippen LogP contribution in [0.15, 0.2) is 87.5 Å². The fraction of sp³-hybridized carbons (Fsp3) is 0.256. The van der Waals surface area contributed by atoms with Crippen molar-refractivity contribution < 1.29 is 47.1 Å². The molecule has 0 unspecified atom stereocenters. The quantitative estimate of drug-likeness (QED) is 0.0790. The van der Waals surface area contributed by atoms with Gasteiger partial charge in [-0.3, -0.25) is 34.7 Å². The maximum absolute atomic E-state index is 15.5. The number of alkyl halides is 3. The molecule has 2 N–H and O–H groups in total. The molecule has 0 radical (unpaired) electrons. The Morgan fingerprint density at radius 3 is 2.36 bits per heavy atom. The second kappa shape index (κ2) is 14.6. The number of nitrogens with one attached hydrogen (secondary N) is 1. The van der Waals surface area contributed by atoms with Gasteiger partial charge in [-0.15, -0.1) is 0 Å². The minimum atomic E-state index is -4.80. The van der Waals surface area contributed by atoms with Gasteiger partial charge in [-0.05, 0) is 92.1 Å². The van der Waals surface area contributed by atoms with Crippen molar-refractivity contribution in [1.29, 1.82) is 0 Å². The second-order valence-corrected chi connectivity index (χ2v) is 16.8. The highest BCUT2D eigenvalue weighted by Gasteiger charge is 2.71. The average Bonchev–Trinajstić information content (AvgIpc) is 3.58. The molecule has 4 aromatic rings. The van der Waals surface area contributed by atoms with Gasteiger partial charge in [-0.1, -0.05) is 53.1 Å². The molecule has 8 rings (SSSR count). The third-order valence-electron chi connectivity index (χ3n) is 11.6. The normalized spacial score (nSPS) is 25.1. The predicted octanol–water partition coefficient (Wildman–Crippen LogP) is 8.74. The summed E-state index contributed by atoms with van der Waals surface area (Å²) in [7, 11) is 1.31. The molecule has 3 aromatic carbocycles. The van der Waals surface area contributed by atoms with E-state index in [1.807, 2.05) is 0 Å². The number of aromatic hydroxyl groups is 1. The average molecular weight is 980 g/mol. The number of nitrogens with zero attached hydrogens (tertiary/aromatic N) is 4. The first-order valence-electron chi connectivity index (χ1n) is 17.6. The Balaban J connectivity index is 1.34. The fourth-order valence-corrected chi connectivity index (χ4v) is 10.4. The van der Waals surface area contributed by atoms with Crippen LogP contribution in [-0.2, 0) is 30.8 Å². The number of carbonyl (C=O) groups excluding carboxylic acids is 4. The molecule has 3 heterocycles. The van der Waals surface area contributed by atoms with Crippen molar-refractivity contribution in [2.45, 2.75) is 30.4 Å². The molecule has 20 heteroatoms. The highest BCUT2D eigenvalue weighted by atomic mass is 79.9. The second-order valence-electron chi connectivity index (χ2n) is 14.4. The smallest absolute Gasteiger partial charge is 0.417 e. The van der Waals surface area contributed by atoms with Crippen molar-refractivity contribution >= 4 is 95.9 Å². The van der Waals surface area contributed by atoms with E-state index in [2.05, 4.69) is 42.3 Å². The van der Waals surface area contributed by atoms with E-state index < -0.39 is 86.1 Å². The van der Waals surface area contributed by atoms with E-state index in [0.29, 0.717) is 39.0 Å². The fourth-order valence-electron chi connectivity index (χ4n) is 9.10.